The van der Waals surface area contributed by atoms with Crippen LogP contribution in [0.5, 0.6) is 0 Å². The number of carboxylic acid groups (broad SMARTS) is 1. The number of halogens is 7. The summed E-state index contributed by atoms with van der Waals surface area (Å²) in [7, 11) is 0. The molecule has 0 N–H and O–H groups in total. The number of hydrogen-bond acceptors (Lipinski definition) is 3. The van der Waals surface area contributed by atoms with Crippen molar-refractivity contribution in [3.8, 4) is 0 Å². The van der Waals surface area contributed by atoms with Gasteiger partial charge in [0, 0.05) is 0 Å². The van der Waals surface area contributed by atoms with Gasteiger partial charge in [0.25, 0.3) is 0 Å². The molecule has 0 saturated heterocycles. The van der Waals surface area contributed by atoms with Crippen LogP contribution >= 0.6 is 0 Å². The molecule has 0 aliphatic carbocycles. The molecular formula is C5H2F7O3-. The minimum Gasteiger partial charge on any atom is -0.544 e. The monoisotopic (exact) mass is 243 g/mol. The highest BCUT2D eigenvalue weighted by Crippen LogP contribution is 2.36. The fourth-order valence-corrected chi connectivity index (χ4v) is 0.382. The third kappa shape index (κ3) is 3.53. The van der Waals surface area contributed by atoms with Crippen molar-refractivity contribution in [3.05, 3.63) is 0 Å². The normalized spacial score (nSPS) is 14.1. The van der Waals surface area contributed by atoms with E-state index in [4.69, 9.17) is 0 Å². The first-order valence-corrected chi connectivity index (χ1v) is 3.08. The van der Waals surface area contributed by atoms with Crippen LogP contribution in [0.2, 0.25) is 0 Å². The molecule has 0 aromatic rings. The second kappa shape index (κ2) is 3.83. The van der Waals surface area contributed by atoms with E-state index in [9.17, 15) is 40.6 Å². The van der Waals surface area contributed by atoms with E-state index in [2.05, 4.69) is 4.74 Å². The van der Waals surface area contributed by atoms with Gasteiger partial charge < -0.3 is 14.6 Å². The van der Waals surface area contributed by atoms with Crippen LogP contribution < -0.4 is 5.11 Å². The topological polar surface area (TPSA) is 49.4 Å². The first-order chi connectivity index (χ1) is 6.40. The molecule has 3 nitrogen and oxygen atoms in total. The molecule has 0 unspecified atom stereocenters. The Kier molecular flexibility index (Phi) is 3.56. The summed E-state index contributed by atoms with van der Waals surface area (Å²) in [6.45, 7) is -2.71. The minimum absolute atomic E-state index is 2.49. The predicted octanol–water partition coefficient (Wildman–Crippen LogP) is 0.543. The smallest absolute Gasteiger partial charge is 0.425 e. The molecule has 0 rings (SSSR count). The fraction of sp³-hybridized carbons (Fsp3) is 0.800. The summed E-state index contributed by atoms with van der Waals surface area (Å²) < 4.78 is 84.6. The molecular weight excluding hydrogens is 241 g/mol. The average Bonchev–Trinajstić information content (AvgIpc) is 1.99. The van der Waals surface area contributed by atoms with E-state index in [0.29, 0.717) is 0 Å². The van der Waals surface area contributed by atoms with Crippen molar-refractivity contribution in [1.82, 2.24) is 0 Å². The Hall–Kier alpha value is -1.06. The lowest BCUT2D eigenvalue weighted by Gasteiger charge is -2.26. The van der Waals surface area contributed by atoms with Crippen LogP contribution in [0, 0.1) is 0 Å². The van der Waals surface area contributed by atoms with Gasteiger partial charge in [0.2, 0.25) is 0 Å². The first kappa shape index (κ1) is 13.9. The molecule has 10 heteroatoms. The predicted molar refractivity (Wildman–Crippen MR) is 26.9 cm³/mol. The summed E-state index contributed by atoms with van der Waals surface area (Å²) in [6, 6.07) is 0. The standard InChI is InChI=1S/C5H3F7O3/c6-3(7,8)1-15-5(11,12)4(9,10)2(13)14/h1H2,(H,13,14)/p-1. The Morgan fingerprint density at radius 2 is 1.47 bits per heavy atom. The molecule has 0 atom stereocenters. The Labute approximate surface area is 77.4 Å². The van der Waals surface area contributed by atoms with Crippen molar-refractivity contribution in [2.75, 3.05) is 6.61 Å². The van der Waals surface area contributed by atoms with Gasteiger partial charge in [-0.2, -0.15) is 30.7 Å². The van der Waals surface area contributed by atoms with Gasteiger partial charge in [-0.25, -0.2) is 0 Å². The molecule has 0 spiro atoms. The highest BCUT2D eigenvalue weighted by atomic mass is 19.4. The number of carbonyl (C=O) groups is 1. The van der Waals surface area contributed by atoms with Crippen molar-refractivity contribution in [2.24, 2.45) is 0 Å². The van der Waals surface area contributed by atoms with E-state index in [1.54, 1.807) is 0 Å². The molecule has 0 aliphatic heterocycles. The second-order valence-electron chi connectivity index (χ2n) is 2.28. The Balaban J connectivity index is 4.62. The number of ether oxygens (including phenoxy) is 1. The number of aliphatic carboxylic acids is 1. The Morgan fingerprint density at radius 1 is 1.07 bits per heavy atom. The number of carboxylic acids is 1. The molecule has 15 heavy (non-hydrogen) atoms. The van der Waals surface area contributed by atoms with E-state index < -0.39 is 30.8 Å². The van der Waals surface area contributed by atoms with Gasteiger partial charge in [-0.1, -0.05) is 0 Å². The van der Waals surface area contributed by atoms with Crippen LogP contribution in [0.25, 0.3) is 0 Å². The van der Waals surface area contributed by atoms with Crippen molar-refractivity contribution < 1.29 is 45.4 Å². The third-order valence-electron chi connectivity index (χ3n) is 1.04. The van der Waals surface area contributed by atoms with Crippen molar-refractivity contribution in [1.29, 1.82) is 0 Å². The third-order valence-corrected chi connectivity index (χ3v) is 1.04. The highest BCUT2D eigenvalue weighted by molar-refractivity contribution is 5.74. The number of carbonyl (C=O) groups excluding carboxylic acids is 1. The van der Waals surface area contributed by atoms with Gasteiger partial charge in [-0.05, 0) is 0 Å². The molecule has 90 valence electrons. The lowest BCUT2D eigenvalue weighted by atomic mass is 10.3. The van der Waals surface area contributed by atoms with E-state index in [1.807, 2.05) is 0 Å². The summed E-state index contributed by atoms with van der Waals surface area (Å²) in [5, 5.41) is 9.49. The molecule has 0 radical (unpaired) electrons. The zero-order valence-corrected chi connectivity index (χ0v) is 6.58. The zero-order chi connectivity index (χ0) is 12.5. The fourth-order valence-electron chi connectivity index (χ4n) is 0.382. The quantitative estimate of drug-likeness (QED) is 0.677. The summed E-state index contributed by atoms with van der Waals surface area (Å²) in [6.07, 6.45) is -11.1. The van der Waals surface area contributed by atoms with E-state index in [0.717, 1.165) is 0 Å². The minimum atomic E-state index is -5.84. The lowest BCUT2D eigenvalue weighted by Crippen LogP contribution is -2.55. The highest BCUT2D eigenvalue weighted by Gasteiger charge is 2.60. The van der Waals surface area contributed by atoms with E-state index in [1.165, 1.54) is 0 Å². The summed E-state index contributed by atoms with van der Waals surface area (Å²) in [4.78, 5) is 9.49. The largest absolute Gasteiger partial charge is 0.544 e. The summed E-state index contributed by atoms with van der Waals surface area (Å²) in [5.74, 6) is -9.37. The SMILES string of the molecule is O=C([O-])C(F)(F)C(F)(F)OCC(F)(F)F. The van der Waals surface area contributed by atoms with Crippen LogP contribution in [-0.4, -0.2) is 30.8 Å². The van der Waals surface area contributed by atoms with Gasteiger partial charge in [-0.15, -0.1) is 0 Å². The van der Waals surface area contributed by atoms with Gasteiger partial charge >= 0.3 is 18.2 Å². The summed E-state index contributed by atoms with van der Waals surface area (Å²) >= 11 is 0. The van der Waals surface area contributed by atoms with Crippen molar-refractivity contribution in [2.45, 2.75) is 18.2 Å². The molecule has 0 saturated carbocycles. The maximum Gasteiger partial charge on any atom is 0.425 e. The zero-order valence-electron chi connectivity index (χ0n) is 6.58. The second-order valence-corrected chi connectivity index (χ2v) is 2.28. The van der Waals surface area contributed by atoms with Gasteiger partial charge in [0.05, 0.1) is 0 Å². The van der Waals surface area contributed by atoms with Crippen LogP contribution in [-0.2, 0) is 9.53 Å². The summed E-state index contributed by atoms with van der Waals surface area (Å²) in [5.41, 5.74) is 0. The Morgan fingerprint density at radius 3 is 1.73 bits per heavy atom. The van der Waals surface area contributed by atoms with Crippen LogP contribution in [0.15, 0.2) is 0 Å². The first-order valence-electron chi connectivity index (χ1n) is 3.08. The van der Waals surface area contributed by atoms with Gasteiger partial charge in [0.1, 0.15) is 12.6 Å². The van der Waals surface area contributed by atoms with E-state index in [-0.39, 0.29) is 0 Å². The van der Waals surface area contributed by atoms with Crippen LogP contribution in [0.3, 0.4) is 0 Å². The average molecular weight is 243 g/mol. The van der Waals surface area contributed by atoms with Crippen LogP contribution in [0.1, 0.15) is 0 Å². The van der Waals surface area contributed by atoms with Crippen molar-refractivity contribution in [3.63, 3.8) is 0 Å². The molecule has 0 fully saturated rings. The van der Waals surface area contributed by atoms with Gasteiger partial charge in [0.15, 0.2) is 0 Å². The molecule has 0 aliphatic rings. The number of rotatable bonds is 4. The maximum absolute atomic E-state index is 12.1. The maximum atomic E-state index is 12.1. The molecule has 0 aromatic heterocycles. The molecule has 0 amide bonds. The number of alkyl halides is 7. The van der Waals surface area contributed by atoms with Crippen LogP contribution in [0.4, 0.5) is 30.7 Å². The van der Waals surface area contributed by atoms with Crippen molar-refractivity contribution >= 4 is 5.97 Å². The van der Waals surface area contributed by atoms with E-state index >= 15 is 0 Å². The number of hydrogen-bond donors (Lipinski definition) is 0. The molecule has 0 heterocycles. The Bertz CT molecular complexity index is 246. The lowest BCUT2D eigenvalue weighted by molar-refractivity contribution is -0.397. The molecule has 0 bridgehead atoms. The van der Waals surface area contributed by atoms with Gasteiger partial charge in [-0.3, -0.25) is 0 Å². The molecule has 0 aromatic carbocycles.